The van der Waals surface area contributed by atoms with Gasteiger partial charge in [-0.25, -0.2) is 14.2 Å². The van der Waals surface area contributed by atoms with E-state index in [0.717, 1.165) is 30.3 Å². The van der Waals surface area contributed by atoms with Crippen molar-refractivity contribution in [2.24, 2.45) is 0 Å². The van der Waals surface area contributed by atoms with Crippen LogP contribution in [0.1, 0.15) is 12.7 Å². The Kier molecular flexibility index (Phi) is 7.93. The summed E-state index contributed by atoms with van der Waals surface area (Å²) >= 11 is 3.29. The zero-order chi connectivity index (χ0) is 26.8. The molecule has 0 radical (unpaired) electrons. The van der Waals surface area contributed by atoms with Crippen molar-refractivity contribution in [1.82, 2.24) is 29.5 Å². The highest BCUT2D eigenvalue weighted by atomic mass is 32.2. The SMILES string of the molecule is CC(=O)OCC1=C(C(=O)O)N2C(=O)[C@@H](NCn3nc(CN4CCSCC4)n(-c4ccccc4)c3=O)[C@H]2SC1. The summed E-state index contributed by atoms with van der Waals surface area (Å²) in [6, 6.07) is 8.65. The molecular weight excluding hydrogens is 532 g/mol. The molecule has 2 atom stereocenters. The number of carboxylic acid groups (broad SMARTS) is 1. The number of esters is 1. The maximum Gasteiger partial charge on any atom is 0.352 e. The maximum absolute atomic E-state index is 13.4. The number of aliphatic carboxylic acids is 1. The summed E-state index contributed by atoms with van der Waals surface area (Å²) in [6.45, 7) is 3.43. The second-order valence-electron chi connectivity index (χ2n) is 9.05. The van der Waals surface area contributed by atoms with Crippen LogP contribution in [0.3, 0.4) is 0 Å². The number of ether oxygens (including phenoxy) is 1. The fourth-order valence-electron chi connectivity index (χ4n) is 4.68. The smallest absolute Gasteiger partial charge is 0.352 e. The van der Waals surface area contributed by atoms with E-state index in [2.05, 4.69) is 15.3 Å². The average Bonchev–Trinajstić information content (AvgIpc) is 3.22. The van der Waals surface area contributed by atoms with Gasteiger partial charge >= 0.3 is 17.6 Å². The van der Waals surface area contributed by atoms with Crippen LogP contribution in [0.25, 0.3) is 5.69 Å². The summed E-state index contributed by atoms with van der Waals surface area (Å²) < 4.78 is 7.88. The highest BCUT2D eigenvalue weighted by Gasteiger charge is 2.53. The first-order chi connectivity index (χ1) is 18.3. The molecular formula is C24H28N6O6S2. The Morgan fingerprint density at radius 3 is 2.61 bits per heavy atom. The molecule has 3 aliphatic heterocycles. The Bertz CT molecular complexity index is 1320. The molecule has 1 aromatic heterocycles. The molecule has 0 saturated carbocycles. The van der Waals surface area contributed by atoms with Gasteiger partial charge in [-0.2, -0.15) is 21.5 Å². The van der Waals surface area contributed by atoms with Gasteiger partial charge in [0.1, 0.15) is 23.7 Å². The van der Waals surface area contributed by atoms with E-state index in [1.807, 2.05) is 42.1 Å². The number of hydrogen-bond donors (Lipinski definition) is 2. The summed E-state index contributed by atoms with van der Waals surface area (Å²) in [7, 11) is 0. The average molecular weight is 561 g/mol. The molecule has 202 valence electrons. The number of nitrogens with zero attached hydrogens (tertiary/aromatic N) is 5. The Hall–Kier alpha value is -3.07. The number of fused-ring (bicyclic) bond motifs is 1. The monoisotopic (exact) mass is 560 g/mol. The number of rotatable bonds is 9. The van der Waals surface area contributed by atoms with Crippen molar-refractivity contribution in [3.05, 3.63) is 57.9 Å². The van der Waals surface area contributed by atoms with Crippen molar-refractivity contribution >= 4 is 41.4 Å². The lowest BCUT2D eigenvalue weighted by Crippen LogP contribution is -2.70. The van der Waals surface area contributed by atoms with E-state index in [-0.39, 0.29) is 24.7 Å². The molecule has 38 heavy (non-hydrogen) atoms. The minimum absolute atomic E-state index is 0.00471. The third kappa shape index (κ3) is 5.25. The molecule has 5 rings (SSSR count). The van der Waals surface area contributed by atoms with Crippen LogP contribution >= 0.6 is 23.5 Å². The van der Waals surface area contributed by atoms with Crippen molar-refractivity contribution in [3.63, 3.8) is 0 Å². The lowest BCUT2D eigenvalue weighted by atomic mass is 10.0. The van der Waals surface area contributed by atoms with Crippen LogP contribution in [0, 0.1) is 0 Å². The van der Waals surface area contributed by atoms with Gasteiger partial charge in [-0.15, -0.1) is 11.8 Å². The van der Waals surface area contributed by atoms with E-state index >= 15 is 0 Å². The minimum Gasteiger partial charge on any atom is -0.477 e. The van der Waals surface area contributed by atoms with Gasteiger partial charge in [0.15, 0.2) is 5.82 Å². The van der Waals surface area contributed by atoms with E-state index in [0.29, 0.717) is 23.7 Å². The summed E-state index contributed by atoms with van der Waals surface area (Å²) in [5.41, 5.74) is 0.625. The zero-order valence-corrected chi connectivity index (χ0v) is 22.4. The first kappa shape index (κ1) is 26.5. The molecule has 4 heterocycles. The van der Waals surface area contributed by atoms with E-state index in [1.54, 1.807) is 4.57 Å². The van der Waals surface area contributed by atoms with Gasteiger partial charge in [-0.1, -0.05) is 18.2 Å². The molecule has 0 bridgehead atoms. The van der Waals surface area contributed by atoms with Crippen molar-refractivity contribution < 1.29 is 24.2 Å². The summed E-state index contributed by atoms with van der Waals surface area (Å²) in [5.74, 6) is 0.809. The highest BCUT2D eigenvalue weighted by molar-refractivity contribution is 8.00. The Labute approximate surface area is 227 Å². The number of benzene rings is 1. The number of hydrogen-bond acceptors (Lipinski definition) is 10. The van der Waals surface area contributed by atoms with Crippen LogP contribution in [-0.4, -0.2) is 95.5 Å². The molecule has 1 amide bonds. The zero-order valence-electron chi connectivity index (χ0n) is 20.7. The number of thioether (sulfide) groups is 2. The first-order valence-electron chi connectivity index (χ1n) is 12.2. The number of carboxylic acids is 1. The van der Waals surface area contributed by atoms with Gasteiger partial charge in [0.05, 0.1) is 18.9 Å². The first-order valence-corrected chi connectivity index (χ1v) is 14.4. The largest absolute Gasteiger partial charge is 0.477 e. The molecule has 2 saturated heterocycles. The fraction of sp³-hybridized carbons (Fsp3) is 0.458. The predicted molar refractivity (Wildman–Crippen MR) is 142 cm³/mol. The third-order valence-corrected chi connectivity index (χ3v) is 8.83. The highest BCUT2D eigenvalue weighted by Crippen LogP contribution is 2.40. The van der Waals surface area contributed by atoms with E-state index in [1.165, 1.54) is 28.3 Å². The quantitative estimate of drug-likeness (QED) is 0.324. The van der Waals surface area contributed by atoms with Gasteiger partial charge in [0.2, 0.25) is 5.91 Å². The van der Waals surface area contributed by atoms with Gasteiger partial charge in [-0.05, 0) is 12.1 Å². The lowest BCUT2D eigenvalue weighted by Gasteiger charge is -2.49. The van der Waals surface area contributed by atoms with Crippen LogP contribution in [-0.2, 0) is 32.3 Å². The molecule has 12 nitrogen and oxygen atoms in total. The van der Waals surface area contributed by atoms with Crippen LogP contribution in [0.4, 0.5) is 0 Å². The predicted octanol–water partition coefficient (Wildman–Crippen LogP) is 0.315. The van der Waals surface area contributed by atoms with Crippen molar-refractivity contribution in [3.8, 4) is 5.69 Å². The topological polar surface area (TPSA) is 139 Å². The third-order valence-electron chi connectivity index (χ3n) is 6.55. The van der Waals surface area contributed by atoms with Crippen molar-refractivity contribution in [1.29, 1.82) is 0 Å². The van der Waals surface area contributed by atoms with Crippen molar-refractivity contribution in [2.75, 3.05) is 37.0 Å². The van der Waals surface area contributed by atoms with Crippen LogP contribution in [0.15, 0.2) is 46.4 Å². The number of carbonyl (C=O) groups is 3. The summed E-state index contributed by atoms with van der Waals surface area (Å²) in [6.07, 6.45) is 0. The molecule has 0 spiro atoms. The lowest BCUT2D eigenvalue weighted by molar-refractivity contribution is -0.149. The molecule has 0 unspecified atom stereocenters. The minimum atomic E-state index is -1.25. The molecule has 2 aromatic rings. The second-order valence-corrected chi connectivity index (χ2v) is 11.4. The normalized spacial score (nSPS) is 21.7. The molecule has 2 N–H and O–H groups in total. The summed E-state index contributed by atoms with van der Waals surface area (Å²) in [4.78, 5) is 53.0. The number of β-lactam (4-membered cyclic amide) rings is 1. The van der Waals surface area contributed by atoms with Crippen molar-refractivity contribution in [2.45, 2.75) is 31.6 Å². The molecule has 3 aliphatic rings. The van der Waals surface area contributed by atoms with Crippen LogP contribution in [0.2, 0.25) is 0 Å². The Balaban J connectivity index is 1.33. The number of carbonyl (C=O) groups excluding carboxylic acids is 2. The Morgan fingerprint density at radius 2 is 1.92 bits per heavy atom. The molecule has 0 aliphatic carbocycles. The maximum atomic E-state index is 13.4. The number of nitrogens with one attached hydrogen (secondary N) is 1. The molecule has 2 fully saturated rings. The van der Waals surface area contributed by atoms with E-state index < -0.39 is 29.3 Å². The van der Waals surface area contributed by atoms with Gasteiger partial charge in [0, 0.05) is 42.8 Å². The van der Waals surface area contributed by atoms with E-state index in [9.17, 15) is 24.3 Å². The fourth-order valence-corrected chi connectivity index (χ4v) is 7.01. The van der Waals surface area contributed by atoms with Gasteiger partial charge in [0.25, 0.3) is 0 Å². The van der Waals surface area contributed by atoms with Gasteiger partial charge in [-0.3, -0.25) is 24.7 Å². The second kappa shape index (κ2) is 11.4. The number of amides is 1. The summed E-state index contributed by atoms with van der Waals surface area (Å²) in [5, 5.41) is 17.0. The Morgan fingerprint density at radius 1 is 1.18 bits per heavy atom. The molecule has 1 aromatic carbocycles. The van der Waals surface area contributed by atoms with Gasteiger partial charge < -0.3 is 9.84 Å². The number of aromatic nitrogens is 3. The standard InChI is InChI=1S/C24H28N6O6S2/c1-15(31)36-12-16-13-38-22-19(21(32)30(22)20(16)23(33)34)25-14-28-24(35)29(17-5-3-2-4-6-17)18(26-28)11-27-7-9-37-10-8-27/h2-6,19,22,25H,7-14H2,1H3,(H,33,34)/t19-,22-/m1/s1. The number of para-hydroxylation sites is 1. The van der Waals surface area contributed by atoms with E-state index in [4.69, 9.17) is 4.74 Å². The molecule has 14 heteroatoms. The van der Waals surface area contributed by atoms with Crippen LogP contribution < -0.4 is 11.0 Å². The van der Waals surface area contributed by atoms with Crippen LogP contribution in [0.5, 0.6) is 0 Å².